The van der Waals surface area contributed by atoms with Crippen LogP contribution in [0.15, 0.2) is 54.6 Å². The highest BCUT2D eigenvalue weighted by Crippen LogP contribution is 2.40. The van der Waals surface area contributed by atoms with Crippen molar-refractivity contribution in [2.75, 3.05) is 0 Å². The van der Waals surface area contributed by atoms with Crippen LogP contribution in [-0.4, -0.2) is 24.2 Å². The maximum absolute atomic E-state index is 13.4. The lowest BCUT2D eigenvalue weighted by Crippen LogP contribution is -2.41. The molecule has 2 aromatic carbocycles. The monoisotopic (exact) mass is 355 g/mol. The Kier molecular flexibility index (Phi) is 4.91. The first-order valence-electron chi connectivity index (χ1n) is 8.67. The summed E-state index contributed by atoms with van der Waals surface area (Å²) in [5.41, 5.74) is 0.186. The Hall–Kier alpha value is -2.18. The van der Waals surface area contributed by atoms with Crippen LogP contribution in [0.3, 0.4) is 0 Å². The molecule has 1 atom stereocenters. The number of rotatable bonds is 4. The molecule has 0 saturated carbocycles. The zero-order chi connectivity index (χ0) is 18.9. The highest BCUT2D eigenvalue weighted by atomic mass is 19.1. The van der Waals surface area contributed by atoms with E-state index in [4.69, 9.17) is 9.31 Å². The molecule has 0 aromatic heterocycles. The van der Waals surface area contributed by atoms with E-state index in [9.17, 15) is 9.18 Å². The number of halogens is 1. The molecule has 0 bridgehead atoms. The lowest BCUT2D eigenvalue weighted by Gasteiger charge is -2.32. The molecule has 0 spiro atoms. The highest BCUT2D eigenvalue weighted by molar-refractivity contribution is 6.48. The maximum atomic E-state index is 13.4. The van der Waals surface area contributed by atoms with Crippen molar-refractivity contribution in [2.45, 2.75) is 44.8 Å². The van der Waals surface area contributed by atoms with Gasteiger partial charge < -0.3 is 14.6 Å². The summed E-state index contributed by atoms with van der Waals surface area (Å²) in [6.07, 6.45) is 0. The molecule has 1 saturated heterocycles. The Balaban J connectivity index is 1.90. The van der Waals surface area contributed by atoms with Crippen LogP contribution in [0.25, 0.3) is 0 Å². The largest absolute Gasteiger partial charge is 0.486 e. The third kappa shape index (κ3) is 3.66. The van der Waals surface area contributed by atoms with Crippen molar-refractivity contribution < 1.29 is 18.5 Å². The van der Waals surface area contributed by atoms with E-state index in [2.05, 4.69) is 5.32 Å². The van der Waals surface area contributed by atoms with Gasteiger partial charge in [0.2, 0.25) is 0 Å². The minimum absolute atomic E-state index is 0.241. The number of nitrogens with one attached hydrogen (secondary N) is 1. The van der Waals surface area contributed by atoms with Gasteiger partial charge in [0.25, 0.3) is 5.91 Å². The van der Waals surface area contributed by atoms with E-state index in [0.29, 0.717) is 11.1 Å². The van der Waals surface area contributed by atoms with Crippen LogP contribution in [0, 0.1) is 5.82 Å². The molecule has 1 N–H and O–H groups in total. The topological polar surface area (TPSA) is 47.6 Å². The van der Waals surface area contributed by atoms with Crippen molar-refractivity contribution in [3.63, 3.8) is 0 Å². The van der Waals surface area contributed by atoms with Gasteiger partial charge in [0.15, 0.2) is 0 Å². The Morgan fingerprint density at radius 1 is 0.962 bits per heavy atom. The van der Waals surface area contributed by atoms with E-state index in [1.807, 2.05) is 33.8 Å². The second kappa shape index (κ2) is 6.85. The number of hydrogen-bond donors (Lipinski definition) is 1. The van der Waals surface area contributed by atoms with Gasteiger partial charge in [-0.1, -0.05) is 30.3 Å². The van der Waals surface area contributed by atoms with E-state index in [1.165, 1.54) is 12.1 Å². The zero-order valence-electron chi connectivity index (χ0n) is 15.5. The Morgan fingerprint density at radius 2 is 1.50 bits per heavy atom. The SMILES string of the molecule is CC1(C)OB([C@@H](NC(=O)c2ccccc2)c2ccc(F)cc2)OC1(C)C. The van der Waals surface area contributed by atoms with Gasteiger partial charge in [0.1, 0.15) is 5.82 Å². The van der Waals surface area contributed by atoms with Crippen molar-refractivity contribution in [1.29, 1.82) is 0 Å². The van der Waals surface area contributed by atoms with E-state index in [-0.39, 0.29) is 11.7 Å². The summed E-state index contributed by atoms with van der Waals surface area (Å²) in [6.45, 7) is 7.81. The Bertz CT molecular complexity index is 761. The fraction of sp³-hybridized carbons (Fsp3) is 0.350. The average Bonchev–Trinajstić information content (AvgIpc) is 2.82. The third-order valence-corrected chi connectivity index (χ3v) is 5.10. The van der Waals surface area contributed by atoms with Gasteiger partial charge >= 0.3 is 7.12 Å². The summed E-state index contributed by atoms with van der Waals surface area (Å²) < 4.78 is 25.6. The summed E-state index contributed by atoms with van der Waals surface area (Å²) in [5.74, 6) is -1.14. The zero-order valence-corrected chi connectivity index (χ0v) is 15.5. The normalized spacial score (nSPS) is 19.2. The number of benzene rings is 2. The lowest BCUT2D eigenvalue weighted by molar-refractivity contribution is 0.00578. The molecule has 1 aliphatic heterocycles. The summed E-state index contributed by atoms with van der Waals surface area (Å²) in [7, 11) is -0.682. The Morgan fingerprint density at radius 3 is 2.04 bits per heavy atom. The van der Waals surface area contributed by atoms with Crippen LogP contribution in [-0.2, 0) is 9.31 Å². The Labute approximate surface area is 153 Å². The average molecular weight is 355 g/mol. The minimum Gasteiger partial charge on any atom is -0.402 e. The van der Waals surface area contributed by atoms with Gasteiger partial charge in [-0.15, -0.1) is 0 Å². The molecule has 136 valence electrons. The smallest absolute Gasteiger partial charge is 0.402 e. The molecule has 0 unspecified atom stereocenters. The van der Waals surface area contributed by atoms with Crippen molar-refractivity contribution in [3.05, 3.63) is 71.5 Å². The first-order valence-corrected chi connectivity index (χ1v) is 8.67. The first-order chi connectivity index (χ1) is 12.2. The van der Waals surface area contributed by atoms with Crippen LogP contribution in [0.1, 0.15) is 49.6 Å². The molecule has 0 radical (unpaired) electrons. The van der Waals surface area contributed by atoms with Crippen LogP contribution >= 0.6 is 0 Å². The molecule has 26 heavy (non-hydrogen) atoms. The van der Waals surface area contributed by atoms with Crippen molar-refractivity contribution in [1.82, 2.24) is 5.32 Å². The van der Waals surface area contributed by atoms with E-state index >= 15 is 0 Å². The fourth-order valence-corrected chi connectivity index (χ4v) is 2.82. The molecule has 6 heteroatoms. The van der Waals surface area contributed by atoms with Crippen molar-refractivity contribution in [2.24, 2.45) is 0 Å². The third-order valence-electron chi connectivity index (χ3n) is 5.10. The predicted octanol–water partition coefficient (Wildman–Crippen LogP) is 3.93. The minimum atomic E-state index is -0.682. The van der Waals surface area contributed by atoms with Gasteiger partial charge in [0, 0.05) is 5.56 Å². The van der Waals surface area contributed by atoms with E-state index in [0.717, 1.165) is 0 Å². The first kappa shape index (κ1) is 18.6. The molecule has 3 rings (SSSR count). The maximum Gasteiger partial charge on any atom is 0.486 e. The van der Waals surface area contributed by atoms with Crippen LogP contribution in [0.4, 0.5) is 4.39 Å². The molecular formula is C20H23BFNO3. The molecule has 0 aliphatic carbocycles. The number of hydrogen-bond acceptors (Lipinski definition) is 3. The van der Waals surface area contributed by atoms with Gasteiger partial charge in [-0.05, 0) is 57.5 Å². The molecule has 1 amide bonds. The van der Waals surface area contributed by atoms with E-state index in [1.54, 1.807) is 36.4 Å². The number of carbonyl (C=O) groups excluding carboxylic acids is 1. The highest BCUT2D eigenvalue weighted by Gasteiger charge is 2.54. The lowest BCUT2D eigenvalue weighted by atomic mass is 9.74. The molecule has 1 fully saturated rings. The van der Waals surface area contributed by atoms with Crippen LogP contribution in [0.2, 0.25) is 0 Å². The van der Waals surface area contributed by atoms with Crippen LogP contribution < -0.4 is 5.32 Å². The quantitative estimate of drug-likeness (QED) is 0.846. The molecular weight excluding hydrogens is 332 g/mol. The molecule has 1 aliphatic rings. The van der Waals surface area contributed by atoms with Gasteiger partial charge in [-0.2, -0.15) is 0 Å². The van der Waals surface area contributed by atoms with Crippen LogP contribution in [0.5, 0.6) is 0 Å². The summed E-state index contributed by atoms with van der Waals surface area (Å²) in [6, 6.07) is 14.9. The van der Waals surface area contributed by atoms with Gasteiger partial charge in [0.05, 0.1) is 17.1 Å². The van der Waals surface area contributed by atoms with Gasteiger partial charge in [-0.25, -0.2) is 4.39 Å². The van der Waals surface area contributed by atoms with Crippen molar-refractivity contribution in [3.8, 4) is 0 Å². The summed E-state index contributed by atoms with van der Waals surface area (Å²) in [5, 5.41) is 2.98. The molecule has 4 nitrogen and oxygen atoms in total. The number of amides is 1. The predicted molar refractivity (Wildman–Crippen MR) is 99.1 cm³/mol. The standard InChI is InChI=1S/C20H23BFNO3/c1-19(2)20(3,4)26-21(25-19)17(14-10-12-16(22)13-11-14)23-18(24)15-8-6-5-7-9-15/h5-13,17H,1-4H3,(H,23,24)/t17-/m0/s1. The molecule has 1 heterocycles. The summed E-state index contributed by atoms with van der Waals surface area (Å²) >= 11 is 0. The number of carbonyl (C=O) groups is 1. The van der Waals surface area contributed by atoms with Gasteiger partial charge in [-0.3, -0.25) is 4.79 Å². The molecule has 2 aromatic rings. The van der Waals surface area contributed by atoms with E-state index < -0.39 is 24.3 Å². The van der Waals surface area contributed by atoms with Crippen molar-refractivity contribution >= 4 is 13.0 Å². The second-order valence-electron chi connectivity index (χ2n) is 7.49. The fourth-order valence-electron chi connectivity index (χ4n) is 2.82. The second-order valence-corrected chi connectivity index (χ2v) is 7.49. The summed E-state index contributed by atoms with van der Waals surface area (Å²) in [4.78, 5) is 12.7.